The van der Waals surface area contributed by atoms with E-state index in [1.165, 1.54) is 11.3 Å². The molecule has 0 spiro atoms. The minimum Gasteiger partial charge on any atom is -0.492 e. The molecule has 0 unspecified atom stereocenters. The Hall–Kier alpha value is -2.12. The van der Waals surface area contributed by atoms with Gasteiger partial charge < -0.3 is 14.8 Å². The Kier molecular flexibility index (Phi) is 7.62. The zero-order chi connectivity index (χ0) is 18.5. The Balaban J connectivity index is 0.00000261. The highest BCUT2D eigenvalue weighted by Crippen LogP contribution is 2.32. The molecule has 0 aliphatic heterocycles. The number of carbonyl (C=O) groups is 1. The summed E-state index contributed by atoms with van der Waals surface area (Å²) >= 11 is 1.51. The van der Waals surface area contributed by atoms with Gasteiger partial charge in [0.05, 0.1) is 24.0 Å². The zero-order valence-corrected chi connectivity index (χ0v) is 18.1. The fourth-order valence-corrected chi connectivity index (χ4v) is 3.40. The van der Waals surface area contributed by atoms with Crippen LogP contribution in [0.25, 0.3) is 10.2 Å². The van der Waals surface area contributed by atoms with Gasteiger partial charge in [-0.1, -0.05) is 17.4 Å². The van der Waals surface area contributed by atoms with Crippen molar-refractivity contribution in [2.24, 2.45) is 0 Å². The van der Waals surface area contributed by atoms with Crippen LogP contribution < -0.4 is 14.8 Å². The Morgan fingerprint density at radius 3 is 2.59 bits per heavy atom. The van der Waals surface area contributed by atoms with Crippen molar-refractivity contribution in [2.45, 2.75) is 26.9 Å². The van der Waals surface area contributed by atoms with Crippen molar-refractivity contribution in [3.63, 3.8) is 0 Å². The van der Waals surface area contributed by atoms with Crippen LogP contribution in [0.5, 0.6) is 11.5 Å². The summed E-state index contributed by atoms with van der Waals surface area (Å²) in [5.74, 6) is 1.53. The van der Waals surface area contributed by atoms with Crippen molar-refractivity contribution in [3.05, 3.63) is 48.0 Å². The second kappa shape index (κ2) is 9.71. The number of aromatic nitrogens is 1. The van der Waals surface area contributed by atoms with Crippen molar-refractivity contribution < 1.29 is 14.3 Å². The summed E-state index contributed by atoms with van der Waals surface area (Å²) in [6.45, 7) is 6.67. The fraction of sp³-hybridized carbons (Fsp3) is 0.300. The van der Waals surface area contributed by atoms with Gasteiger partial charge in [-0.15, -0.1) is 17.0 Å². The van der Waals surface area contributed by atoms with Crippen molar-refractivity contribution in [1.82, 2.24) is 4.98 Å². The number of nitrogens with zero attached hydrogens (tertiary/aromatic N) is 1. The summed E-state index contributed by atoms with van der Waals surface area (Å²) in [4.78, 5) is 16.9. The van der Waals surface area contributed by atoms with Crippen LogP contribution in [0.3, 0.4) is 0 Å². The highest BCUT2D eigenvalue weighted by molar-refractivity contribution is 8.93. The van der Waals surface area contributed by atoms with Crippen LogP contribution in [0, 0.1) is 0 Å². The Morgan fingerprint density at radius 2 is 1.93 bits per heavy atom. The maximum Gasteiger partial charge on any atom is 0.184 e. The summed E-state index contributed by atoms with van der Waals surface area (Å²) in [5, 5.41) is 3.83. The van der Waals surface area contributed by atoms with E-state index in [0.717, 1.165) is 21.7 Å². The summed E-state index contributed by atoms with van der Waals surface area (Å²) in [5.41, 5.74) is 1.47. The Morgan fingerprint density at radius 1 is 1.19 bits per heavy atom. The first kappa shape index (κ1) is 21.2. The van der Waals surface area contributed by atoms with Gasteiger partial charge in [0.15, 0.2) is 10.9 Å². The minimum atomic E-state index is 0. The van der Waals surface area contributed by atoms with Gasteiger partial charge in [0.2, 0.25) is 0 Å². The number of ether oxygens (including phenoxy) is 2. The first-order valence-electron chi connectivity index (χ1n) is 8.63. The van der Waals surface area contributed by atoms with Gasteiger partial charge in [-0.05, 0) is 57.2 Å². The molecule has 1 heterocycles. The molecule has 0 aliphatic rings. The van der Waals surface area contributed by atoms with Crippen LogP contribution >= 0.6 is 28.3 Å². The van der Waals surface area contributed by atoms with Gasteiger partial charge in [-0.2, -0.15) is 0 Å². The summed E-state index contributed by atoms with van der Waals surface area (Å²) < 4.78 is 12.2. The van der Waals surface area contributed by atoms with Crippen LogP contribution in [-0.4, -0.2) is 30.0 Å². The monoisotopic (exact) mass is 450 g/mol. The smallest absolute Gasteiger partial charge is 0.184 e. The number of anilines is 1. The van der Waals surface area contributed by atoms with Crippen LogP contribution in [-0.2, 0) is 0 Å². The molecule has 3 rings (SSSR count). The molecule has 0 fully saturated rings. The molecule has 144 valence electrons. The number of hydrogen-bond acceptors (Lipinski definition) is 6. The normalized spacial score (nSPS) is 10.5. The first-order chi connectivity index (χ1) is 12.6. The molecule has 0 saturated carbocycles. The molecule has 3 aromatic rings. The van der Waals surface area contributed by atoms with Crippen molar-refractivity contribution in [2.75, 3.05) is 18.5 Å². The van der Waals surface area contributed by atoms with Crippen molar-refractivity contribution in [1.29, 1.82) is 0 Å². The van der Waals surface area contributed by atoms with E-state index in [-0.39, 0.29) is 35.4 Å². The lowest BCUT2D eigenvalue weighted by Crippen LogP contribution is -2.14. The number of hydrogen-bond donors (Lipinski definition) is 1. The van der Waals surface area contributed by atoms with E-state index >= 15 is 0 Å². The highest BCUT2D eigenvalue weighted by atomic mass is 79.9. The number of Topliss-reactive ketones (excluding diaryl/α,β-unsaturated/α-hetero) is 1. The lowest BCUT2D eigenvalue weighted by molar-refractivity contribution is 0.101. The largest absolute Gasteiger partial charge is 0.492 e. The molecular weight excluding hydrogens is 428 g/mol. The SMILES string of the molecule is Br.CCOc1cccc2sc(NCC(=O)c3ccc(OC(C)C)cc3)nc12. The number of carbonyl (C=O) groups excluding carboxylic acids is 1. The van der Waals surface area contributed by atoms with Gasteiger partial charge in [-0.3, -0.25) is 4.79 Å². The number of rotatable bonds is 8. The highest BCUT2D eigenvalue weighted by Gasteiger charge is 2.11. The average Bonchev–Trinajstić information content (AvgIpc) is 3.04. The number of fused-ring (bicyclic) bond motifs is 1. The van der Waals surface area contributed by atoms with Gasteiger partial charge >= 0.3 is 0 Å². The molecule has 2 aromatic carbocycles. The van der Waals surface area contributed by atoms with E-state index in [9.17, 15) is 4.79 Å². The van der Waals surface area contributed by atoms with E-state index in [1.54, 1.807) is 12.1 Å². The molecule has 0 atom stereocenters. The number of nitrogens with one attached hydrogen (secondary N) is 1. The molecular formula is C20H23BrN2O3S. The van der Waals surface area contributed by atoms with Gasteiger partial charge in [0, 0.05) is 5.56 Å². The third kappa shape index (κ3) is 5.43. The predicted octanol–water partition coefficient (Wildman–Crippen LogP) is 5.35. The molecule has 5 nitrogen and oxygen atoms in total. The predicted molar refractivity (Wildman–Crippen MR) is 116 cm³/mol. The lowest BCUT2D eigenvalue weighted by Gasteiger charge is -2.09. The maximum atomic E-state index is 12.4. The van der Waals surface area contributed by atoms with Crippen molar-refractivity contribution in [3.8, 4) is 11.5 Å². The molecule has 1 N–H and O–H groups in total. The molecule has 7 heteroatoms. The van der Waals surface area contributed by atoms with Crippen LogP contribution in [0.1, 0.15) is 31.1 Å². The van der Waals surface area contributed by atoms with Gasteiger partial charge in [-0.25, -0.2) is 4.98 Å². The average molecular weight is 451 g/mol. The molecule has 27 heavy (non-hydrogen) atoms. The molecule has 1 aromatic heterocycles. The van der Waals surface area contributed by atoms with E-state index in [4.69, 9.17) is 9.47 Å². The third-order valence-electron chi connectivity index (χ3n) is 3.63. The van der Waals surface area contributed by atoms with Crippen LogP contribution in [0.2, 0.25) is 0 Å². The van der Waals surface area contributed by atoms with Crippen molar-refractivity contribution >= 4 is 49.4 Å². The molecule has 0 radical (unpaired) electrons. The number of thiazole rings is 1. The third-order valence-corrected chi connectivity index (χ3v) is 4.61. The van der Waals surface area contributed by atoms with E-state index in [2.05, 4.69) is 10.3 Å². The quantitative estimate of drug-likeness (QED) is 0.468. The maximum absolute atomic E-state index is 12.4. The van der Waals surface area contributed by atoms with Gasteiger partial charge in [0.25, 0.3) is 0 Å². The Bertz CT molecular complexity index is 894. The zero-order valence-electron chi connectivity index (χ0n) is 15.5. The van der Waals surface area contributed by atoms with Crippen LogP contribution in [0.4, 0.5) is 5.13 Å². The number of ketones is 1. The molecule has 0 bridgehead atoms. The standard InChI is InChI=1S/C20H22N2O3S.BrH/c1-4-24-17-6-5-7-18-19(17)22-20(26-18)21-12-16(23)14-8-10-15(11-9-14)25-13(2)3;/h5-11,13H,4,12H2,1-3H3,(H,21,22);1H. The topological polar surface area (TPSA) is 60.5 Å². The molecule has 0 aliphatic carbocycles. The minimum absolute atomic E-state index is 0. The second-order valence-corrected chi connectivity index (χ2v) is 7.05. The first-order valence-corrected chi connectivity index (χ1v) is 9.44. The second-order valence-electron chi connectivity index (χ2n) is 6.02. The summed E-state index contributed by atoms with van der Waals surface area (Å²) in [7, 11) is 0. The Labute approximate surface area is 173 Å². The molecule has 0 saturated heterocycles. The number of para-hydroxylation sites is 1. The number of halogens is 1. The fourth-order valence-electron chi connectivity index (χ4n) is 2.52. The van der Waals surface area contributed by atoms with Crippen LogP contribution in [0.15, 0.2) is 42.5 Å². The van der Waals surface area contributed by atoms with E-state index in [0.29, 0.717) is 17.3 Å². The van der Waals surface area contributed by atoms with Gasteiger partial charge in [0.1, 0.15) is 17.0 Å². The van der Waals surface area contributed by atoms with E-state index < -0.39 is 0 Å². The summed E-state index contributed by atoms with van der Waals surface area (Å²) in [6.07, 6.45) is 0.110. The lowest BCUT2D eigenvalue weighted by atomic mass is 10.1. The van der Waals surface area contributed by atoms with E-state index in [1.807, 2.05) is 51.1 Å². The molecule has 0 amide bonds. The summed E-state index contributed by atoms with van der Waals surface area (Å²) in [6, 6.07) is 13.1. The number of benzene rings is 2.